The minimum absolute atomic E-state index is 0.405. The number of carbonyl (C=O) groups excluding carboxylic acids is 1. The molecule has 3 nitrogen and oxygen atoms in total. The number of nitrogens with one attached hydrogen (secondary N) is 1. The summed E-state index contributed by atoms with van der Waals surface area (Å²) in [7, 11) is 0. The topological polar surface area (TPSA) is 32.3 Å². The van der Waals surface area contributed by atoms with Gasteiger partial charge in [0.2, 0.25) is 5.91 Å². The first-order chi connectivity index (χ1) is 7.79. The van der Waals surface area contributed by atoms with Gasteiger partial charge in [-0.05, 0) is 57.0 Å². The van der Waals surface area contributed by atoms with Crippen LogP contribution >= 0.6 is 0 Å². The predicted octanol–water partition coefficient (Wildman–Crippen LogP) is 1.39. The van der Waals surface area contributed by atoms with E-state index in [2.05, 4.69) is 10.2 Å². The van der Waals surface area contributed by atoms with Crippen LogP contribution in [-0.4, -0.2) is 37.0 Å². The van der Waals surface area contributed by atoms with E-state index < -0.39 is 0 Å². The van der Waals surface area contributed by atoms with E-state index in [1.165, 1.54) is 38.8 Å². The van der Waals surface area contributed by atoms with Gasteiger partial charge < -0.3 is 10.2 Å². The van der Waals surface area contributed by atoms with Gasteiger partial charge in [-0.25, -0.2) is 0 Å². The lowest BCUT2D eigenvalue weighted by Crippen LogP contribution is -2.47. The van der Waals surface area contributed by atoms with E-state index in [4.69, 9.17) is 0 Å². The van der Waals surface area contributed by atoms with Gasteiger partial charge >= 0.3 is 0 Å². The van der Waals surface area contributed by atoms with Crippen molar-refractivity contribution in [2.24, 2.45) is 11.3 Å². The zero-order valence-electron chi connectivity index (χ0n) is 10.0. The molecule has 3 aliphatic rings. The van der Waals surface area contributed by atoms with Crippen LogP contribution < -0.4 is 5.32 Å². The lowest BCUT2D eigenvalue weighted by molar-refractivity contribution is -0.135. The molecule has 0 unspecified atom stereocenters. The van der Waals surface area contributed by atoms with E-state index in [-0.39, 0.29) is 0 Å². The minimum Gasteiger partial charge on any atom is -0.342 e. The Hall–Kier alpha value is -0.570. The predicted molar refractivity (Wildman–Crippen MR) is 63.1 cm³/mol. The van der Waals surface area contributed by atoms with Crippen LogP contribution in [-0.2, 0) is 4.79 Å². The number of hydrogen-bond donors (Lipinski definition) is 1. The minimum atomic E-state index is 0.405. The molecule has 0 aromatic heterocycles. The van der Waals surface area contributed by atoms with Crippen molar-refractivity contribution in [2.75, 3.05) is 26.2 Å². The first-order valence-corrected chi connectivity index (χ1v) is 6.79. The van der Waals surface area contributed by atoms with Gasteiger partial charge in [0.1, 0.15) is 0 Å². The van der Waals surface area contributed by atoms with Crippen molar-refractivity contribution >= 4 is 5.91 Å². The summed E-state index contributed by atoms with van der Waals surface area (Å²) in [6, 6.07) is 0. The van der Waals surface area contributed by atoms with E-state index in [0.717, 1.165) is 25.9 Å². The quantitative estimate of drug-likeness (QED) is 0.727. The molecule has 3 fully saturated rings. The molecule has 1 spiro atoms. The number of hydrogen-bond acceptors (Lipinski definition) is 2. The molecule has 0 radical (unpaired) electrons. The van der Waals surface area contributed by atoms with Crippen LogP contribution in [0.4, 0.5) is 0 Å². The van der Waals surface area contributed by atoms with Crippen LogP contribution in [0.2, 0.25) is 0 Å². The number of carbonyl (C=O) groups is 1. The third-order valence-electron chi connectivity index (χ3n) is 4.73. The molecule has 0 aromatic carbocycles. The van der Waals surface area contributed by atoms with Crippen molar-refractivity contribution in [3.05, 3.63) is 0 Å². The van der Waals surface area contributed by atoms with E-state index in [0.29, 0.717) is 17.2 Å². The molecule has 1 N–H and O–H groups in total. The summed E-state index contributed by atoms with van der Waals surface area (Å²) in [4.78, 5) is 14.1. The molecule has 1 amide bonds. The average Bonchev–Trinajstić information content (AvgIpc) is 3.14. The Bertz CT molecular complexity index is 270. The molecule has 2 heterocycles. The zero-order chi connectivity index (χ0) is 11.0. The van der Waals surface area contributed by atoms with Gasteiger partial charge in [-0.2, -0.15) is 0 Å². The van der Waals surface area contributed by atoms with Crippen molar-refractivity contribution < 1.29 is 4.79 Å². The Balaban J connectivity index is 1.56. The summed E-state index contributed by atoms with van der Waals surface area (Å²) in [6.45, 7) is 4.40. The van der Waals surface area contributed by atoms with Crippen molar-refractivity contribution in [3.63, 3.8) is 0 Å². The summed E-state index contributed by atoms with van der Waals surface area (Å²) in [5.41, 5.74) is 0.575. The third kappa shape index (κ3) is 1.97. The number of amides is 1. The van der Waals surface area contributed by atoms with Gasteiger partial charge in [0, 0.05) is 19.0 Å². The van der Waals surface area contributed by atoms with Crippen LogP contribution in [0.1, 0.15) is 38.5 Å². The first-order valence-electron chi connectivity index (χ1n) is 6.79. The Morgan fingerprint density at radius 2 is 1.69 bits per heavy atom. The first kappa shape index (κ1) is 10.6. The Labute approximate surface area is 97.6 Å². The van der Waals surface area contributed by atoms with Crippen molar-refractivity contribution in [1.82, 2.24) is 10.2 Å². The number of nitrogens with zero attached hydrogens (tertiary/aromatic N) is 1. The molecule has 1 aliphatic carbocycles. The highest BCUT2D eigenvalue weighted by Gasteiger charge is 2.40. The van der Waals surface area contributed by atoms with Gasteiger partial charge in [-0.1, -0.05) is 0 Å². The molecular formula is C13H22N2O. The van der Waals surface area contributed by atoms with Crippen LogP contribution in [0.3, 0.4) is 0 Å². The molecule has 3 heteroatoms. The highest BCUT2D eigenvalue weighted by atomic mass is 16.2. The van der Waals surface area contributed by atoms with E-state index in [1.807, 2.05) is 0 Å². The number of piperidine rings is 2. The van der Waals surface area contributed by atoms with Gasteiger partial charge in [-0.3, -0.25) is 4.79 Å². The molecular weight excluding hydrogens is 200 g/mol. The lowest BCUT2D eigenvalue weighted by atomic mass is 9.71. The summed E-state index contributed by atoms with van der Waals surface area (Å²) in [5.74, 6) is 0.853. The fraction of sp³-hybridized carbons (Fsp3) is 0.923. The normalized spacial score (nSPS) is 29.4. The Morgan fingerprint density at radius 3 is 2.25 bits per heavy atom. The van der Waals surface area contributed by atoms with E-state index >= 15 is 0 Å². The molecule has 1 saturated carbocycles. The van der Waals surface area contributed by atoms with E-state index in [9.17, 15) is 4.79 Å². The standard InChI is InChI=1S/C13H22N2O/c16-12(11-1-2-11)15-9-5-13(6-10-15)3-7-14-8-4-13/h11,14H,1-10H2. The van der Waals surface area contributed by atoms with Crippen molar-refractivity contribution in [2.45, 2.75) is 38.5 Å². The molecule has 3 rings (SSSR count). The molecule has 0 bridgehead atoms. The summed E-state index contributed by atoms with van der Waals surface area (Å²) in [5, 5.41) is 3.44. The van der Waals surface area contributed by atoms with Crippen molar-refractivity contribution in [3.8, 4) is 0 Å². The maximum atomic E-state index is 11.9. The second-order valence-electron chi connectivity index (χ2n) is 5.85. The molecule has 0 aromatic rings. The maximum Gasteiger partial charge on any atom is 0.225 e. The Kier molecular flexibility index (Phi) is 2.66. The molecule has 2 aliphatic heterocycles. The van der Waals surface area contributed by atoms with Gasteiger partial charge in [0.25, 0.3) is 0 Å². The zero-order valence-corrected chi connectivity index (χ0v) is 10.0. The van der Waals surface area contributed by atoms with Gasteiger partial charge in [-0.15, -0.1) is 0 Å². The largest absolute Gasteiger partial charge is 0.342 e. The highest BCUT2D eigenvalue weighted by Crippen LogP contribution is 2.41. The van der Waals surface area contributed by atoms with Crippen molar-refractivity contribution in [1.29, 1.82) is 0 Å². The fourth-order valence-corrected chi connectivity index (χ4v) is 3.25. The monoisotopic (exact) mass is 222 g/mol. The fourth-order valence-electron chi connectivity index (χ4n) is 3.25. The SMILES string of the molecule is O=C(C1CC1)N1CCC2(CCNCC2)CC1. The smallest absolute Gasteiger partial charge is 0.225 e. The lowest BCUT2D eigenvalue weighted by Gasteiger charge is -2.44. The summed E-state index contributed by atoms with van der Waals surface area (Å²) < 4.78 is 0. The molecule has 90 valence electrons. The number of rotatable bonds is 1. The summed E-state index contributed by atoms with van der Waals surface area (Å²) in [6.07, 6.45) is 7.41. The van der Waals surface area contributed by atoms with E-state index in [1.54, 1.807) is 0 Å². The van der Waals surface area contributed by atoms with Crippen LogP contribution in [0.25, 0.3) is 0 Å². The molecule has 16 heavy (non-hydrogen) atoms. The highest BCUT2D eigenvalue weighted by molar-refractivity contribution is 5.81. The van der Waals surface area contributed by atoms with Crippen LogP contribution in [0.5, 0.6) is 0 Å². The summed E-state index contributed by atoms with van der Waals surface area (Å²) >= 11 is 0. The van der Waals surface area contributed by atoms with Crippen LogP contribution in [0.15, 0.2) is 0 Å². The number of likely N-dealkylation sites (tertiary alicyclic amines) is 1. The second-order valence-corrected chi connectivity index (χ2v) is 5.85. The van der Waals surface area contributed by atoms with Gasteiger partial charge in [0.05, 0.1) is 0 Å². The van der Waals surface area contributed by atoms with Crippen LogP contribution in [0, 0.1) is 11.3 Å². The molecule has 2 saturated heterocycles. The molecule has 0 atom stereocenters. The average molecular weight is 222 g/mol. The van der Waals surface area contributed by atoms with Gasteiger partial charge in [0.15, 0.2) is 0 Å². The third-order valence-corrected chi connectivity index (χ3v) is 4.73. The Morgan fingerprint density at radius 1 is 1.06 bits per heavy atom. The maximum absolute atomic E-state index is 11.9. The second kappa shape index (κ2) is 4.02.